The summed E-state index contributed by atoms with van der Waals surface area (Å²) in [6.45, 7) is 18.3. The van der Waals surface area contributed by atoms with Gasteiger partial charge in [0.2, 0.25) is 0 Å². The van der Waals surface area contributed by atoms with Crippen LogP contribution in [-0.2, 0) is 0 Å². The van der Waals surface area contributed by atoms with Gasteiger partial charge >= 0.3 is 0 Å². The number of allylic oxidation sites excluding steroid dienone is 3. The molecule has 0 aromatic heterocycles. The van der Waals surface area contributed by atoms with Crippen LogP contribution in [0.2, 0.25) is 0 Å². The SMILES string of the molecule is CC(C)c1cccc(C(C)C)c1C1=C=C(c2c(C(C)C)cccc2C(C)C)C=C1. The number of benzene rings is 2. The van der Waals surface area contributed by atoms with E-state index in [2.05, 4.69) is 110 Å². The molecule has 2 aromatic rings. The van der Waals surface area contributed by atoms with Crippen molar-refractivity contribution >= 4 is 11.1 Å². The first-order valence-corrected chi connectivity index (χ1v) is 11.2. The summed E-state index contributed by atoms with van der Waals surface area (Å²) in [6.07, 6.45) is 4.56. The second-order valence-electron chi connectivity index (χ2n) is 9.53. The third-order valence-electron chi connectivity index (χ3n) is 5.97. The molecule has 0 saturated heterocycles. The first-order chi connectivity index (χ1) is 13.7. The van der Waals surface area contributed by atoms with Gasteiger partial charge in [0.25, 0.3) is 0 Å². The largest absolute Gasteiger partial charge is 0.104 e. The Hall–Kier alpha value is -2.30. The highest BCUT2D eigenvalue weighted by atomic mass is 14.2. The van der Waals surface area contributed by atoms with Crippen LogP contribution in [0.25, 0.3) is 11.1 Å². The molecule has 0 heteroatoms. The van der Waals surface area contributed by atoms with Crippen molar-refractivity contribution in [2.24, 2.45) is 0 Å². The van der Waals surface area contributed by atoms with E-state index >= 15 is 0 Å². The Morgan fingerprint density at radius 2 is 0.759 bits per heavy atom. The van der Waals surface area contributed by atoms with Gasteiger partial charge in [-0.2, -0.15) is 0 Å². The predicted molar refractivity (Wildman–Crippen MR) is 129 cm³/mol. The topological polar surface area (TPSA) is 0 Å². The van der Waals surface area contributed by atoms with E-state index in [0.29, 0.717) is 23.7 Å². The van der Waals surface area contributed by atoms with Crippen LogP contribution in [0.15, 0.2) is 54.3 Å². The van der Waals surface area contributed by atoms with E-state index in [-0.39, 0.29) is 0 Å². The zero-order valence-corrected chi connectivity index (χ0v) is 19.4. The first kappa shape index (κ1) is 21.4. The quantitative estimate of drug-likeness (QED) is 0.436. The Morgan fingerprint density at radius 1 is 0.483 bits per heavy atom. The van der Waals surface area contributed by atoms with Gasteiger partial charge in [-0.15, -0.1) is 5.73 Å². The summed E-state index contributed by atoms with van der Waals surface area (Å²) in [4.78, 5) is 0. The van der Waals surface area contributed by atoms with Crippen molar-refractivity contribution in [3.63, 3.8) is 0 Å². The highest BCUT2D eigenvalue weighted by molar-refractivity contribution is 5.93. The zero-order chi connectivity index (χ0) is 21.3. The fourth-order valence-electron chi connectivity index (χ4n) is 4.41. The lowest BCUT2D eigenvalue weighted by Crippen LogP contribution is -2.02. The molecule has 152 valence electrons. The van der Waals surface area contributed by atoms with E-state index in [1.54, 1.807) is 0 Å². The summed E-state index contributed by atoms with van der Waals surface area (Å²) in [5, 5.41) is 0. The number of hydrogen-bond donors (Lipinski definition) is 0. The molecule has 0 spiro atoms. The lowest BCUT2D eigenvalue weighted by Gasteiger charge is -2.19. The summed E-state index contributed by atoms with van der Waals surface area (Å²) in [5.74, 6) is 1.96. The fourth-order valence-corrected chi connectivity index (χ4v) is 4.41. The van der Waals surface area contributed by atoms with E-state index in [1.165, 1.54) is 44.5 Å². The van der Waals surface area contributed by atoms with E-state index in [0.717, 1.165) is 0 Å². The van der Waals surface area contributed by atoms with Crippen LogP contribution in [0.5, 0.6) is 0 Å². The van der Waals surface area contributed by atoms with Crippen LogP contribution in [-0.4, -0.2) is 0 Å². The minimum absolute atomic E-state index is 0.490. The van der Waals surface area contributed by atoms with Crippen molar-refractivity contribution in [1.82, 2.24) is 0 Å². The Kier molecular flexibility index (Phi) is 6.35. The lowest BCUT2D eigenvalue weighted by atomic mass is 9.85. The van der Waals surface area contributed by atoms with Gasteiger partial charge in [-0.1, -0.05) is 91.8 Å². The van der Waals surface area contributed by atoms with Gasteiger partial charge in [0.15, 0.2) is 0 Å². The fraction of sp³-hybridized carbons (Fsp3) is 0.414. The van der Waals surface area contributed by atoms with Crippen molar-refractivity contribution in [3.05, 3.63) is 87.7 Å². The standard InChI is InChI=1S/C29H36/c1-18(2)24-11-9-12-25(19(3)4)28(24)22-15-16-23(17-22)29-26(20(5)6)13-10-14-27(29)21(7)8/h9-16,18-21H,1-8H3. The first-order valence-electron chi connectivity index (χ1n) is 11.2. The molecule has 1 aliphatic rings. The van der Waals surface area contributed by atoms with Crippen LogP contribution in [0, 0.1) is 0 Å². The maximum absolute atomic E-state index is 3.83. The molecule has 0 fully saturated rings. The van der Waals surface area contributed by atoms with E-state index in [4.69, 9.17) is 0 Å². The van der Waals surface area contributed by atoms with Crippen molar-refractivity contribution in [3.8, 4) is 0 Å². The van der Waals surface area contributed by atoms with Crippen LogP contribution >= 0.6 is 0 Å². The third-order valence-corrected chi connectivity index (χ3v) is 5.97. The van der Waals surface area contributed by atoms with Gasteiger partial charge in [-0.25, -0.2) is 0 Å². The third kappa shape index (κ3) is 4.19. The average Bonchev–Trinajstić information content (AvgIpc) is 3.15. The zero-order valence-electron chi connectivity index (χ0n) is 19.4. The van der Waals surface area contributed by atoms with Crippen molar-refractivity contribution in [2.45, 2.75) is 79.1 Å². The molecule has 3 rings (SSSR count). The second kappa shape index (κ2) is 8.60. The molecular formula is C29H36. The Labute approximate surface area is 178 Å². The summed E-state index contributed by atoms with van der Waals surface area (Å²) >= 11 is 0. The Morgan fingerprint density at radius 3 is 1.00 bits per heavy atom. The molecule has 0 unspecified atom stereocenters. The molecule has 0 amide bonds. The predicted octanol–water partition coefficient (Wildman–Crippen LogP) is 8.82. The highest BCUT2D eigenvalue weighted by Crippen LogP contribution is 2.39. The van der Waals surface area contributed by atoms with Crippen molar-refractivity contribution in [2.75, 3.05) is 0 Å². The summed E-state index contributed by atoms with van der Waals surface area (Å²) in [5.41, 5.74) is 14.8. The van der Waals surface area contributed by atoms with Crippen LogP contribution in [0.3, 0.4) is 0 Å². The second-order valence-corrected chi connectivity index (χ2v) is 9.53. The molecule has 0 heterocycles. The maximum atomic E-state index is 3.83. The molecule has 0 aliphatic heterocycles. The summed E-state index contributed by atoms with van der Waals surface area (Å²) in [7, 11) is 0. The Balaban J connectivity index is 2.30. The molecular weight excluding hydrogens is 348 g/mol. The van der Waals surface area contributed by atoms with Crippen LogP contribution < -0.4 is 0 Å². The number of hydrogen-bond acceptors (Lipinski definition) is 0. The van der Waals surface area contributed by atoms with Crippen molar-refractivity contribution < 1.29 is 0 Å². The molecule has 2 aromatic carbocycles. The monoisotopic (exact) mass is 384 g/mol. The van der Waals surface area contributed by atoms with Gasteiger partial charge in [0, 0.05) is 11.1 Å². The summed E-state index contributed by atoms with van der Waals surface area (Å²) < 4.78 is 0. The average molecular weight is 385 g/mol. The van der Waals surface area contributed by atoms with Crippen LogP contribution in [0.1, 0.15) is 112 Å². The highest BCUT2D eigenvalue weighted by Gasteiger charge is 2.21. The van der Waals surface area contributed by atoms with E-state index in [9.17, 15) is 0 Å². The minimum Gasteiger partial charge on any atom is -0.104 e. The minimum atomic E-state index is 0.490. The van der Waals surface area contributed by atoms with Crippen LogP contribution in [0.4, 0.5) is 0 Å². The van der Waals surface area contributed by atoms with E-state index < -0.39 is 0 Å². The molecule has 0 atom stereocenters. The van der Waals surface area contributed by atoms with Gasteiger partial charge in [-0.3, -0.25) is 0 Å². The van der Waals surface area contributed by atoms with Gasteiger partial charge in [0.1, 0.15) is 0 Å². The van der Waals surface area contributed by atoms with E-state index in [1.807, 2.05) is 0 Å². The normalized spacial score (nSPS) is 13.8. The molecule has 0 bridgehead atoms. The molecule has 1 aliphatic carbocycles. The van der Waals surface area contributed by atoms with Gasteiger partial charge in [0.05, 0.1) is 0 Å². The van der Waals surface area contributed by atoms with Gasteiger partial charge in [-0.05, 0) is 69.2 Å². The molecule has 0 radical (unpaired) electrons. The molecule has 29 heavy (non-hydrogen) atoms. The lowest BCUT2D eigenvalue weighted by molar-refractivity contribution is 0.827. The van der Waals surface area contributed by atoms with Crippen molar-refractivity contribution in [1.29, 1.82) is 0 Å². The molecule has 0 nitrogen and oxygen atoms in total. The number of rotatable bonds is 6. The summed E-state index contributed by atoms with van der Waals surface area (Å²) in [6, 6.07) is 13.6. The molecule has 0 saturated carbocycles. The smallest absolute Gasteiger partial charge is 0.0249 e. The molecule has 0 N–H and O–H groups in total. The Bertz CT molecular complexity index is 857. The maximum Gasteiger partial charge on any atom is 0.0249 e. The van der Waals surface area contributed by atoms with Gasteiger partial charge < -0.3 is 0 Å².